The topological polar surface area (TPSA) is 49.4 Å². The summed E-state index contributed by atoms with van der Waals surface area (Å²) in [5.41, 5.74) is 0. The van der Waals surface area contributed by atoms with Crippen molar-refractivity contribution in [1.29, 1.82) is 0 Å². The molecule has 0 spiro atoms. The van der Waals surface area contributed by atoms with Crippen molar-refractivity contribution in [2.45, 2.75) is 39.3 Å². The van der Waals surface area contributed by atoms with Gasteiger partial charge in [-0.25, -0.2) is 0 Å². The summed E-state index contributed by atoms with van der Waals surface area (Å²) in [4.78, 5) is 25.0. The molecule has 1 saturated heterocycles. The van der Waals surface area contributed by atoms with Gasteiger partial charge in [0.15, 0.2) is 5.78 Å². The van der Waals surface area contributed by atoms with Crippen LogP contribution in [0.4, 0.5) is 0 Å². The van der Waals surface area contributed by atoms with Crippen LogP contribution in [0, 0.1) is 20.4 Å². The van der Waals surface area contributed by atoms with Crippen LogP contribution in [-0.2, 0) is 42.3 Å². The zero-order valence-electron chi connectivity index (χ0n) is 11.2. The molecule has 1 heterocycles. The molecule has 97 valence electrons. The Bertz CT molecular complexity index is 269. The van der Waals surface area contributed by atoms with E-state index in [1.807, 2.05) is 13.8 Å². The molecule has 2 unspecified atom stereocenters. The molecule has 1 radical (unpaired) electrons. The molecule has 0 bridgehead atoms. The van der Waals surface area contributed by atoms with Gasteiger partial charge in [0, 0.05) is 39.3 Å². The van der Waals surface area contributed by atoms with Gasteiger partial charge in [0.25, 0.3) is 0 Å². The molecular formula is C12H22N2O2Y-2. The van der Waals surface area contributed by atoms with Crippen LogP contribution in [0.5, 0.6) is 0 Å². The minimum absolute atomic E-state index is 0. The van der Waals surface area contributed by atoms with E-state index in [-0.39, 0.29) is 69.8 Å². The molecular weight excluding hydrogens is 293 g/mol. The quantitative estimate of drug-likeness (QED) is 0.789. The number of carbonyl (C=O) groups is 2. The Hall–Kier alpha value is 0.204. The van der Waals surface area contributed by atoms with E-state index in [0.717, 1.165) is 6.42 Å². The molecule has 2 atom stereocenters. The first-order valence-corrected chi connectivity index (χ1v) is 5.32. The van der Waals surface area contributed by atoms with Crippen LogP contribution < -0.4 is 5.32 Å². The van der Waals surface area contributed by atoms with Gasteiger partial charge in [0.2, 0.25) is 5.91 Å². The molecule has 0 aromatic carbocycles. The van der Waals surface area contributed by atoms with Crippen molar-refractivity contribution >= 4 is 11.7 Å². The maximum atomic E-state index is 11.9. The second-order valence-corrected chi connectivity index (χ2v) is 4.38. The third kappa shape index (κ3) is 4.42. The smallest absolute Gasteiger partial charge is 0.237 e. The predicted molar refractivity (Wildman–Crippen MR) is 64.3 cm³/mol. The molecule has 4 nitrogen and oxygen atoms in total. The first kappa shape index (κ1) is 19.5. The van der Waals surface area contributed by atoms with Gasteiger partial charge in [-0.1, -0.05) is 13.8 Å². The van der Waals surface area contributed by atoms with Crippen LogP contribution >= 0.6 is 0 Å². The normalized spacial score (nSPS) is 20.9. The number of Topliss-reactive ketones (excluding diaryl/α,β-unsaturated/α-hetero) is 1. The summed E-state index contributed by atoms with van der Waals surface area (Å²) in [6.07, 6.45) is 0.735. The van der Waals surface area contributed by atoms with E-state index < -0.39 is 0 Å². The maximum absolute atomic E-state index is 11.9. The van der Waals surface area contributed by atoms with Crippen LogP contribution in [-0.4, -0.2) is 35.2 Å². The van der Waals surface area contributed by atoms with E-state index in [1.165, 1.54) is 0 Å². The summed E-state index contributed by atoms with van der Waals surface area (Å²) in [7, 11) is 3.52. The summed E-state index contributed by atoms with van der Waals surface area (Å²) >= 11 is 0. The number of amides is 1. The number of carbonyl (C=O) groups excluding carboxylic acids is 2. The molecule has 0 saturated carbocycles. The van der Waals surface area contributed by atoms with Crippen LogP contribution in [0.25, 0.3) is 0 Å². The first-order chi connectivity index (χ1) is 6.99. The number of likely N-dealkylation sites (tertiary alicyclic amines) is 1. The van der Waals surface area contributed by atoms with Gasteiger partial charge >= 0.3 is 0 Å². The zero-order chi connectivity index (χ0) is 11.6. The number of nitrogens with one attached hydrogen (secondary N) is 1. The van der Waals surface area contributed by atoms with Crippen molar-refractivity contribution in [2.24, 2.45) is 5.92 Å². The van der Waals surface area contributed by atoms with Crippen molar-refractivity contribution in [2.75, 3.05) is 6.54 Å². The molecule has 17 heavy (non-hydrogen) atoms. The molecule has 1 rings (SSSR count). The molecule has 1 N–H and O–H groups in total. The van der Waals surface area contributed by atoms with Gasteiger partial charge < -0.3 is 17.6 Å². The van der Waals surface area contributed by atoms with E-state index in [2.05, 4.69) is 12.4 Å². The minimum Gasteiger partial charge on any atom is -0.462 e. The van der Waals surface area contributed by atoms with Crippen LogP contribution in [0.3, 0.4) is 0 Å². The zero-order valence-corrected chi connectivity index (χ0v) is 14.0. The Morgan fingerprint density at radius 1 is 1.53 bits per heavy atom. The Labute approximate surface area is 130 Å². The number of ketones is 1. The first-order valence-electron chi connectivity index (χ1n) is 5.32. The monoisotopic (exact) mass is 315 g/mol. The Kier molecular flexibility index (Phi) is 9.58. The van der Waals surface area contributed by atoms with E-state index in [1.54, 1.807) is 11.8 Å². The van der Waals surface area contributed by atoms with Crippen molar-refractivity contribution in [3.63, 3.8) is 0 Å². The maximum Gasteiger partial charge on any atom is 0.237 e. The van der Waals surface area contributed by atoms with Crippen LogP contribution in [0.1, 0.15) is 27.2 Å². The van der Waals surface area contributed by atoms with Gasteiger partial charge in [-0.15, -0.1) is 0 Å². The number of hydrogen-bond donors (Lipinski definition) is 1. The molecule has 1 aliphatic rings. The van der Waals surface area contributed by atoms with Gasteiger partial charge in [0.1, 0.15) is 0 Å². The molecule has 1 amide bonds. The average molecular weight is 315 g/mol. The standard InChI is InChI=1S/C11H19N2O2.CH3.Y/c1-7(2)10(8(3)14)13-6-5-9(12-4)11(13)15;;/h7,9-10,12H,4-6H2,1-3H3;1H3;/q2*-1;. The molecule has 0 aliphatic carbocycles. The third-order valence-corrected chi connectivity index (χ3v) is 2.87. The van der Waals surface area contributed by atoms with Crippen LogP contribution in [0.2, 0.25) is 0 Å². The SMILES string of the molecule is [CH2-]NC1CCN(C(C(C)=O)C(C)C)C1=O.[CH3-].[Y]. The van der Waals surface area contributed by atoms with Crippen molar-refractivity contribution < 1.29 is 42.3 Å². The van der Waals surface area contributed by atoms with Crippen molar-refractivity contribution in [1.82, 2.24) is 10.2 Å². The largest absolute Gasteiger partial charge is 0.462 e. The second kappa shape index (κ2) is 8.33. The Morgan fingerprint density at radius 3 is 2.35 bits per heavy atom. The molecule has 5 heteroatoms. The van der Waals surface area contributed by atoms with E-state index >= 15 is 0 Å². The molecule has 1 fully saturated rings. The Morgan fingerprint density at radius 2 is 2.06 bits per heavy atom. The van der Waals surface area contributed by atoms with Gasteiger partial charge in [-0.05, 0) is 19.3 Å². The van der Waals surface area contributed by atoms with Gasteiger partial charge in [-0.2, -0.15) is 0 Å². The summed E-state index contributed by atoms with van der Waals surface area (Å²) in [6.45, 7) is 6.12. The fourth-order valence-corrected chi connectivity index (χ4v) is 2.22. The number of hydrogen-bond acceptors (Lipinski definition) is 3. The minimum atomic E-state index is -0.282. The Balaban J connectivity index is 0. The predicted octanol–water partition coefficient (Wildman–Crippen LogP) is 1.03. The van der Waals surface area contributed by atoms with E-state index in [9.17, 15) is 9.59 Å². The van der Waals surface area contributed by atoms with Crippen molar-refractivity contribution in [3.05, 3.63) is 14.5 Å². The summed E-state index contributed by atoms with van der Waals surface area (Å²) in [5, 5.41) is 2.72. The molecule has 0 aromatic heterocycles. The van der Waals surface area contributed by atoms with E-state index in [4.69, 9.17) is 0 Å². The summed E-state index contributed by atoms with van der Waals surface area (Å²) < 4.78 is 0. The average Bonchev–Trinajstić information content (AvgIpc) is 2.47. The van der Waals surface area contributed by atoms with Crippen LogP contribution in [0.15, 0.2) is 0 Å². The summed E-state index contributed by atoms with van der Waals surface area (Å²) in [5.74, 6) is 0.219. The molecule has 1 aliphatic heterocycles. The second-order valence-electron chi connectivity index (χ2n) is 4.38. The number of rotatable bonds is 4. The fourth-order valence-electron chi connectivity index (χ4n) is 2.22. The summed E-state index contributed by atoms with van der Waals surface area (Å²) in [6, 6.07) is -0.499. The van der Waals surface area contributed by atoms with Crippen molar-refractivity contribution in [3.8, 4) is 0 Å². The molecule has 0 aromatic rings. The fraction of sp³-hybridized carbons (Fsp3) is 0.667. The van der Waals surface area contributed by atoms with Gasteiger partial charge in [-0.3, -0.25) is 16.6 Å². The number of nitrogens with zero attached hydrogens (tertiary/aromatic N) is 1. The van der Waals surface area contributed by atoms with E-state index in [0.29, 0.717) is 6.54 Å². The third-order valence-electron chi connectivity index (χ3n) is 2.87. The van der Waals surface area contributed by atoms with Gasteiger partial charge in [0.05, 0.1) is 12.1 Å².